The van der Waals surface area contributed by atoms with E-state index >= 15 is 0 Å². The third-order valence-electron chi connectivity index (χ3n) is 5.39. The molecule has 2 N–H and O–H groups in total. The number of carbonyl (C=O) groups is 1. The van der Waals surface area contributed by atoms with Gasteiger partial charge in [-0.1, -0.05) is 0 Å². The maximum absolute atomic E-state index is 12.6. The van der Waals surface area contributed by atoms with Crippen LogP contribution in [-0.4, -0.2) is 41.0 Å². The van der Waals surface area contributed by atoms with Gasteiger partial charge in [0.25, 0.3) is 5.91 Å². The van der Waals surface area contributed by atoms with E-state index in [1.165, 1.54) is 25.9 Å². The van der Waals surface area contributed by atoms with E-state index in [1.807, 2.05) is 42.6 Å². The number of benzene rings is 1. The van der Waals surface area contributed by atoms with Gasteiger partial charge in [-0.3, -0.25) is 9.69 Å². The summed E-state index contributed by atoms with van der Waals surface area (Å²) in [7, 11) is 0. The van der Waals surface area contributed by atoms with Crippen LogP contribution >= 0.6 is 0 Å². The number of aromatic amines is 1. The molecule has 3 aliphatic rings. The molecule has 5 rings (SSSR count). The fourth-order valence-electron chi connectivity index (χ4n) is 3.96. The molecule has 3 aliphatic heterocycles. The zero-order chi connectivity index (χ0) is 16.5. The zero-order valence-electron chi connectivity index (χ0n) is 13.9. The standard InChI is InChI=1S/C19H23N3O2/c1-13-18(14-8-11-22(13)12-9-14)21-19(23)15-4-6-16(7-5-15)24-17-3-2-10-20-17/h2-7,10,13-14,18,20H,8-9,11-12H2,1H3,(H,21,23)/t13-,18+/m1/s1. The Kier molecular flexibility index (Phi) is 4.02. The molecule has 1 aromatic carbocycles. The summed E-state index contributed by atoms with van der Waals surface area (Å²) in [5.74, 6) is 2.02. The first-order chi connectivity index (χ1) is 11.7. The minimum Gasteiger partial charge on any atom is -0.441 e. The maximum Gasteiger partial charge on any atom is 0.251 e. The molecule has 0 radical (unpaired) electrons. The number of hydrogen-bond donors (Lipinski definition) is 2. The van der Waals surface area contributed by atoms with Gasteiger partial charge < -0.3 is 15.0 Å². The van der Waals surface area contributed by atoms with Gasteiger partial charge in [-0.15, -0.1) is 0 Å². The molecule has 126 valence electrons. The third-order valence-corrected chi connectivity index (χ3v) is 5.39. The van der Waals surface area contributed by atoms with Crippen molar-refractivity contribution in [1.82, 2.24) is 15.2 Å². The van der Waals surface area contributed by atoms with E-state index < -0.39 is 0 Å². The van der Waals surface area contributed by atoms with Crippen LogP contribution in [0.4, 0.5) is 0 Å². The summed E-state index contributed by atoms with van der Waals surface area (Å²) in [6.07, 6.45) is 4.20. The highest BCUT2D eigenvalue weighted by molar-refractivity contribution is 5.94. The monoisotopic (exact) mass is 325 g/mol. The topological polar surface area (TPSA) is 57.4 Å². The predicted octanol–water partition coefficient (Wildman–Crippen LogP) is 3.02. The lowest BCUT2D eigenvalue weighted by Crippen LogP contribution is -2.62. The number of carbonyl (C=O) groups excluding carboxylic acids is 1. The van der Waals surface area contributed by atoms with E-state index in [1.54, 1.807) is 0 Å². The maximum atomic E-state index is 12.6. The van der Waals surface area contributed by atoms with Gasteiger partial charge >= 0.3 is 0 Å². The van der Waals surface area contributed by atoms with Crippen LogP contribution in [0.5, 0.6) is 11.6 Å². The highest BCUT2D eigenvalue weighted by atomic mass is 16.5. The van der Waals surface area contributed by atoms with Gasteiger partial charge in [0.15, 0.2) is 5.88 Å². The van der Waals surface area contributed by atoms with Gasteiger partial charge in [0.2, 0.25) is 0 Å². The Morgan fingerprint density at radius 2 is 1.96 bits per heavy atom. The van der Waals surface area contributed by atoms with Gasteiger partial charge in [-0.25, -0.2) is 0 Å². The van der Waals surface area contributed by atoms with Crippen LogP contribution in [0.1, 0.15) is 30.1 Å². The van der Waals surface area contributed by atoms with Crippen molar-refractivity contribution in [1.29, 1.82) is 0 Å². The van der Waals surface area contributed by atoms with Crippen LogP contribution in [0.15, 0.2) is 42.6 Å². The molecule has 5 heteroatoms. The molecule has 2 bridgehead atoms. The molecule has 0 aliphatic carbocycles. The normalized spacial score (nSPS) is 28.5. The number of piperidine rings is 3. The minimum atomic E-state index is 0.00650. The first-order valence-corrected chi connectivity index (χ1v) is 8.67. The molecule has 3 saturated heterocycles. The number of hydrogen-bond acceptors (Lipinski definition) is 3. The Morgan fingerprint density at radius 3 is 2.58 bits per heavy atom. The summed E-state index contributed by atoms with van der Waals surface area (Å²) in [5, 5.41) is 3.25. The van der Waals surface area contributed by atoms with Crippen molar-refractivity contribution < 1.29 is 9.53 Å². The molecule has 0 unspecified atom stereocenters. The number of amides is 1. The van der Waals surface area contributed by atoms with E-state index in [0.29, 0.717) is 29.2 Å². The summed E-state index contributed by atoms with van der Waals surface area (Å²) < 4.78 is 5.67. The Morgan fingerprint density at radius 1 is 1.21 bits per heavy atom. The number of rotatable bonds is 4. The average molecular weight is 325 g/mol. The average Bonchev–Trinajstić information content (AvgIpc) is 3.12. The second-order valence-corrected chi connectivity index (χ2v) is 6.77. The fraction of sp³-hybridized carbons (Fsp3) is 0.421. The molecule has 0 saturated carbocycles. The van der Waals surface area contributed by atoms with Crippen molar-refractivity contribution >= 4 is 5.91 Å². The van der Waals surface area contributed by atoms with Crippen LogP contribution in [0.25, 0.3) is 0 Å². The Hall–Kier alpha value is -2.27. The molecule has 2 atom stereocenters. The smallest absolute Gasteiger partial charge is 0.251 e. The van der Waals surface area contributed by atoms with E-state index in [9.17, 15) is 4.79 Å². The van der Waals surface area contributed by atoms with Crippen molar-refractivity contribution in [2.75, 3.05) is 13.1 Å². The molecule has 3 fully saturated rings. The van der Waals surface area contributed by atoms with Crippen LogP contribution in [-0.2, 0) is 0 Å². The number of nitrogens with one attached hydrogen (secondary N) is 2. The molecular formula is C19H23N3O2. The summed E-state index contributed by atoms with van der Waals surface area (Å²) in [6.45, 7) is 4.57. The van der Waals surface area contributed by atoms with Crippen molar-refractivity contribution in [3.63, 3.8) is 0 Å². The van der Waals surface area contributed by atoms with Crippen LogP contribution < -0.4 is 10.1 Å². The van der Waals surface area contributed by atoms with Crippen molar-refractivity contribution in [2.24, 2.45) is 5.92 Å². The molecular weight excluding hydrogens is 302 g/mol. The van der Waals surface area contributed by atoms with Crippen molar-refractivity contribution in [3.05, 3.63) is 48.2 Å². The Bertz CT molecular complexity index is 686. The van der Waals surface area contributed by atoms with Gasteiger partial charge in [-0.2, -0.15) is 0 Å². The quantitative estimate of drug-likeness (QED) is 0.908. The Balaban J connectivity index is 1.41. The van der Waals surface area contributed by atoms with Gasteiger partial charge in [0.1, 0.15) is 5.75 Å². The number of H-pyrrole nitrogens is 1. The van der Waals surface area contributed by atoms with E-state index in [-0.39, 0.29) is 11.9 Å². The summed E-state index contributed by atoms with van der Waals surface area (Å²) >= 11 is 0. The predicted molar refractivity (Wildman–Crippen MR) is 92.3 cm³/mol. The summed E-state index contributed by atoms with van der Waals surface area (Å²) in [6, 6.07) is 11.7. The van der Waals surface area contributed by atoms with Crippen molar-refractivity contribution in [3.8, 4) is 11.6 Å². The molecule has 0 spiro atoms. The van der Waals surface area contributed by atoms with Crippen LogP contribution in [0, 0.1) is 5.92 Å². The number of ether oxygens (including phenoxy) is 1. The zero-order valence-corrected chi connectivity index (χ0v) is 13.9. The lowest BCUT2D eigenvalue weighted by molar-refractivity contribution is 0.0217. The summed E-state index contributed by atoms with van der Waals surface area (Å²) in [4.78, 5) is 18.1. The van der Waals surface area contributed by atoms with E-state index in [4.69, 9.17) is 4.74 Å². The van der Waals surface area contributed by atoms with Crippen LogP contribution in [0.3, 0.4) is 0 Å². The second-order valence-electron chi connectivity index (χ2n) is 6.77. The highest BCUT2D eigenvalue weighted by Crippen LogP contribution is 2.32. The lowest BCUT2D eigenvalue weighted by atomic mass is 9.79. The van der Waals surface area contributed by atoms with Gasteiger partial charge in [0, 0.05) is 29.9 Å². The second kappa shape index (κ2) is 6.32. The lowest BCUT2D eigenvalue weighted by Gasteiger charge is -2.49. The number of nitrogens with zero attached hydrogens (tertiary/aromatic N) is 1. The SMILES string of the molecule is C[C@@H]1[C@H](NC(=O)c2ccc(Oc3ccc[nH]3)cc2)C2CCN1CC2. The third kappa shape index (κ3) is 2.91. The fourth-order valence-corrected chi connectivity index (χ4v) is 3.96. The van der Waals surface area contributed by atoms with E-state index in [2.05, 4.69) is 22.1 Å². The first kappa shape index (κ1) is 15.3. The minimum absolute atomic E-state index is 0.00650. The van der Waals surface area contributed by atoms with Crippen LogP contribution in [0.2, 0.25) is 0 Å². The first-order valence-electron chi connectivity index (χ1n) is 8.67. The van der Waals surface area contributed by atoms with Gasteiger partial charge in [0.05, 0.1) is 0 Å². The molecule has 5 nitrogen and oxygen atoms in total. The Labute approximate surface area is 142 Å². The van der Waals surface area contributed by atoms with Crippen molar-refractivity contribution in [2.45, 2.75) is 31.8 Å². The largest absolute Gasteiger partial charge is 0.441 e. The molecule has 1 aromatic heterocycles. The van der Waals surface area contributed by atoms with E-state index in [0.717, 1.165) is 0 Å². The molecule has 2 aromatic rings. The van der Waals surface area contributed by atoms with Gasteiger partial charge in [-0.05, 0) is 69.1 Å². The number of aromatic nitrogens is 1. The summed E-state index contributed by atoms with van der Waals surface area (Å²) in [5.41, 5.74) is 0.678. The molecule has 24 heavy (non-hydrogen) atoms. The molecule has 1 amide bonds. The number of fused-ring (bicyclic) bond motifs is 3. The highest BCUT2D eigenvalue weighted by Gasteiger charge is 2.40. The molecule has 4 heterocycles.